The fraction of sp³-hybridized carbons (Fsp3) is 0.0769. The first-order valence-corrected chi connectivity index (χ1v) is 6.24. The van der Waals surface area contributed by atoms with Crippen molar-refractivity contribution in [3.8, 4) is 0 Å². The number of hydrogen-bond donors (Lipinski definition) is 1. The zero-order valence-electron chi connectivity index (χ0n) is 9.00. The van der Waals surface area contributed by atoms with Crippen LogP contribution in [0.2, 0.25) is 5.02 Å². The Morgan fingerprint density at radius 2 is 1.72 bits per heavy atom. The third-order valence-corrected chi connectivity index (χ3v) is 3.48. The van der Waals surface area contributed by atoms with E-state index in [4.69, 9.17) is 11.6 Å². The van der Waals surface area contributed by atoms with Crippen molar-refractivity contribution in [2.24, 2.45) is 0 Å². The van der Waals surface area contributed by atoms with Gasteiger partial charge in [0.2, 0.25) is 0 Å². The van der Waals surface area contributed by atoms with Crippen LogP contribution in [0.5, 0.6) is 0 Å². The van der Waals surface area contributed by atoms with Crippen LogP contribution in [0.15, 0.2) is 40.9 Å². The van der Waals surface area contributed by atoms with Crippen molar-refractivity contribution in [3.63, 3.8) is 0 Å². The Bertz CT molecular complexity index is 569. The van der Waals surface area contributed by atoms with E-state index in [1.165, 1.54) is 12.1 Å². The van der Waals surface area contributed by atoms with E-state index < -0.39 is 17.7 Å². The van der Waals surface area contributed by atoms with E-state index in [2.05, 4.69) is 15.9 Å². The highest BCUT2D eigenvalue weighted by Gasteiger charge is 2.21. The molecule has 0 heterocycles. The minimum absolute atomic E-state index is 0.312. The molecule has 0 saturated heterocycles. The standard InChI is InChI=1S/C13H8BrClF2O/c14-9-5-4-7(15)6-8(9)13(18)12-10(16)2-1-3-11(12)17/h1-6,13,18H. The van der Waals surface area contributed by atoms with Gasteiger partial charge in [-0.2, -0.15) is 0 Å². The van der Waals surface area contributed by atoms with E-state index in [-0.39, 0.29) is 5.56 Å². The molecule has 0 bridgehead atoms. The second kappa shape index (κ2) is 5.34. The molecule has 0 aliphatic carbocycles. The van der Waals surface area contributed by atoms with Gasteiger partial charge in [0, 0.05) is 15.1 Å². The fourth-order valence-corrected chi connectivity index (χ4v) is 2.30. The van der Waals surface area contributed by atoms with Crippen LogP contribution < -0.4 is 0 Å². The molecule has 1 atom stereocenters. The molecule has 0 amide bonds. The van der Waals surface area contributed by atoms with E-state index in [0.29, 0.717) is 15.1 Å². The summed E-state index contributed by atoms with van der Waals surface area (Å²) in [6.45, 7) is 0. The Labute approximate surface area is 116 Å². The van der Waals surface area contributed by atoms with Gasteiger partial charge in [0.1, 0.15) is 17.7 Å². The van der Waals surface area contributed by atoms with Crippen molar-refractivity contribution in [2.75, 3.05) is 0 Å². The minimum Gasteiger partial charge on any atom is -0.383 e. The average molecular weight is 334 g/mol. The van der Waals surface area contributed by atoms with Gasteiger partial charge in [-0.1, -0.05) is 33.6 Å². The van der Waals surface area contributed by atoms with Crippen molar-refractivity contribution in [2.45, 2.75) is 6.10 Å². The van der Waals surface area contributed by atoms with Gasteiger partial charge in [-0.3, -0.25) is 0 Å². The lowest BCUT2D eigenvalue weighted by Crippen LogP contribution is -2.06. The number of aliphatic hydroxyl groups is 1. The highest BCUT2D eigenvalue weighted by molar-refractivity contribution is 9.10. The first-order valence-electron chi connectivity index (χ1n) is 5.07. The predicted octanol–water partition coefficient (Wildman–Crippen LogP) is 4.46. The van der Waals surface area contributed by atoms with Gasteiger partial charge in [-0.25, -0.2) is 8.78 Å². The molecule has 18 heavy (non-hydrogen) atoms. The Morgan fingerprint density at radius 1 is 1.11 bits per heavy atom. The van der Waals surface area contributed by atoms with Gasteiger partial charge in [0.15, 0.2) is 0 Å². The molecule has 0 spiro atoms. The lowest BCUT2D eigenvalue weighted by Gasteiger charge is -2.15. The molecule has 2 rings (SSSR count). The first-order chi connectivity index (χ1) is 8.50. The zero-order valence-corrected chi connectivity index (χ0v) is 11.3. The zero-order chi connectivity index (χ0) is 13.3. The largest absolute Gasteiger partial charge is 0.383 e. The summed E-state index contributed by atoms with van der Waals surface area (Å²) in [5, 5.41) is 10.5. The summed E-state index contributed by atoms with van der Waals surface area (Å²) in [5.74, 6) is -1.59. The van der Waals surface area contributed by atoms with Gasteiger partial charge >= 0.3 is 0 Å². The minimum atomic E-state index is -1.42. The third kappa shape index (κ3) is 2.55. The van der Waals surface area contributed by atoms with Gasteiger partial charge in [0.05, 0.1) is 5.56 Å². The molecule has 0 aliphatic rings. The summed E-state index contributed by atoms with van der Waals surface area (Å²) in [7, 11) is 0. The molecule has 0 aliphatic heterocycles. The molecule has 2 aromatic carbocycles. The molecule has 0 fully saturated rings. The third-order valence-electron chi connectivity index (χ3n) is 2.53. The first kappa shape index (κ1) is 13.5. The molecule has 0 radical (unpaired) electrons. The van der Waals surface area contributed by atoms with Crippen molar-refractivity contribution < 1.29 is 13.9 Å². The summed E-state index contributed by atoms with van der Waals surface area (Å²) in [4.78, 5) is 0. The smallest absolute Gasteiger partial charge is 0.132 e. The van der Waals surface area contributed by atoms with E-state index in [1.54, 1.807) is 12.1 Å². The summed E-state index contributed by atoms with van der Waals surface area (Å²) in [5.41, 5.74) is -0.0769. The van der Waals surface area contributed by atoms with Crippen LogP contribution in [0.1, 0.15) is 17.2 Å². The van der Waals surface area contributed by atoms with Crippen LogP contribution in [0.3, 0.4) is 0 Å². The van der Waals surface area contributed by atoms with Crippen LogP contribution in [-0.2, 0) is 0 Å². The molecular weight excluding hydrogens is 325 g/mol. The Kier molecular flexibility index (Phi) is 4.00. The number of aliphatic hydroxyl groups excluding tert-OH is 1. The fourth-order valence-electron chi connectivity index (χ4n) is 1.65. The maximum absolute atomic E-state index is 13.6. The van der Waals surface area contributed by atoms with Crippen LogP contribution in [0.4, 0.5) is 8.78 Å². The number of benzene rings is 2. The van der Waals surface area contributed by atoms with E-state index in [1.807, 2.05) is 0 Å². The van der Waals surface area contributed by atoms with Gasteiger partial charge in [-0.15, -0.1) is 0 Å². The monoisotopic (exact) mass is 332 g/mol. The maximum atomic E-state index is 13.6. The molecule has 0 aromatic heterocycles. The molecule has 5 heteroatoms. The van der Waals surface area contributed by atoms with Crippen LogP contribution >= 0.6 is 27.5 Å². The molecular formula is C13H8BrClF2O. The summed E-state index contributed by atoms with van der Waals surface area (Å²) >= 11 is 9.02. The van der Waals surface area contributed by atoms with Crippen molar-refractivity contribution in [3.05, 3.63) is 68.7 Å². The van der Waals surface area contributed by atoms with Crippen molar-refractivity contribution in [1.29, 1.82) is 0 Å². The Hall–Kier alpha value is -0.970. The van der Waals surface area contributed by atoms with Gasteiger partial charge in [-0.05, 0) is 30.3 Å². The molecule has 1 unspecified atom stereocenters. The summed E-state index contributed by atoms with van der Waals surface area (Å²) in [6, 6.07) is 8.12. The highest BCUT2D eigenvalue weighted by Crippen LogP contribution is 2.33. The lowest BCUT2D eigenvalue weighted by atomic mass is 10.0. The quantitative estimate of drug-likeness (QED) is 0.860. The predicted molar refractivity (Wildman–Crippen MR) is 69.6 cm³/mol. The Balaban J connectivity index is 2.54. The normalized spacial score (nSPS) is 12.5. The lowest BCUT2D eigenvalue weighted by molar-refractivity contribution is 0.208. The van der Waals surface area contributed by atoms with E-state index in [9.17, 15) is 13.9 Å². The number of rotatable bonds is 2. The topological polar surface area (TPSA) is 20.2 Å². The molecule has 1 N–H and O–H groups in total. The van der Waals surface area contributed by atoms with Crippen LogP contribution in [0.25, 0.3) is 0 Å². The SMILES string of the molecule is OC(c1cc(Cl)ccc1Br)c1c(F)cccc1F. The van der Waals surface area contributed by atoms with Crippen LogP contribution in [0, 0.1) is 11.6 Å². The molecule has 2 aromatic rings. The number of hydrogen-bond acceptors (Lipinski definition) is 1. The average Bonchev–Trinajstić information content (AvgIpc) is 2.32. The number of halogens is 4. The van der Waals surface area contributed by atoms with E-state index >= 15 is 0 Å². The summed E-state index contributed by atoms with van der Waals surface area (Å²) in [6.07, 6.45) is -1.42. The highest BCUT2D eigenvalue weighted by atomic mass is 79.9. The maximum Gasteiger partial charge on any atom is 0.132 e. The molecule has 1 nitrogen and oxygen atoms in total. The van der Waals surface area contributed by atoms with Gasteiger partial charge < -0.3 is 5.11 Å². The van der Waals surface area contributed by atoms with Crippen molar-refractivity contribution >= 4 is 27.5 Å². The molecule has 94 valence electrons. The molecule has 0 saturated carbocycles. The van der Waals surface area contributed by atoms with Gasteiger partial charge in [0.25, 0.3) is 0 Å². The van der Waals surface area contributed by atoms with Crippen LogP contribution in [-0.4, -0.2) is 5.11 Å². The summed E-state index contributed by atoms with van der Waals surface area (Å²) < 4.78 is 27.7. The second-order valence-electron chi connectivity index (χ2n) is 3.70. The second-order valence-corrected chi connectivity index (χ2v) is 4.99. The van der Waals surface area contributed by atoms with Crippen molar-refractivity contribution in [1.82, 2.24) is 0 Å². The Morgan fingerprint density at radius 3 is 2.33 bits per heavy atom. The van der Waals surface area contributed by atoms with E-state index in [0.717, 1.165) is 12.1 Å².